The zero-order chi connectivity index (χ0) is 15.9. The largest absolute Gasteiger partial charge is 1.00 e. The topological polar surface area (TPSA) is 55.0 Å². The first kappa shape index (κ1) is 22.7. The highest BCUT2D eigenvalue weighted by Gasteiger charge is 2.03. The lowest BCUT2D eigenvalue weighted by atomic mass is 10.6. The highest BCUT2D eigenvalue weighted by molar-refractivity contribution is 4.65. The van der Waals surface area contributed by atoms with Gasteiger partial charge >= 0.3 is 0 Å². The lowest BCUT2D eigenvalue weighted by Crippen LogP contribution is -3.00. The molecule has 23 heavy (non-hydrogen) atoms. The van der Waals surface area contributed by atoms with Crippen LogP contribution in [0.15, 0.2) is 18.7 Å². The van der Waals surface area contributed by atoms with Crippen molar-refractivity contribution in [2.45, 2.75) is 13.1 Å². The molecule has 1 heterocycles. The summed E-state index contributed by atoms with van der Waals surface area (Å²) >= 11 is 0. The minimum Gasteiger partial charge on any atom is -1.00 e. The van der Waals surface area contributed by atoms with E-state index in [1.807, 2.05) is 12.4 Å². The smallest absolute Gasteiger partial charge is 0.243 e. The summed E-state index contributed by atoms with van der Waals surface area (Å²) in [5.41, 5.74) is 0. The van der Waals surface area contributed by atoms with Gasteiger partial charge in [-0.1, -0.05) is 0 Å². The Balaban J connectivity index is 0.00000484. The summed E-state index contributed by atoms with van der Waals surface area (Å²) in [6.45, 7) is 6.76. The van der Waals surface area contributed by atoms with Gasteiger partial charge in [-0.2, -0.15) is 0 Å². The standard InChI is InChI=1S/C15H29N2O5.HI/c1-18-9-11-20-7-5-16-3-4-17(15-16)6-8-21-13-14-22-12-10-19-2;/h3-4,15H,5-14H2,1-2H3;1H/q+1;/p-1. The first-order chi connectivity index (χ1) is 10.9. The summed E-state index contributed by atoms with van der Waals surface area (Å²) in [4.78, 5) is 0. The minimum absolute atomic E-state index is 0. The predicted molar refractivity (Wildman–Crippen MR) is 80.8 cm³/mol. The van der Waals surface area contributed by atoms with Crippen molar-refractivity contribution >= 4 is 0 Å². The number of ether oxygens (including phenoxy) is 5. The Morgan fingerprint density at radius 1 is 0.783 bits per heavy atom. The molecule has 1 aromatic heterocycles. The molecule has 0 unspecified atom stereocenters. The summed E-state index contributed by atoms with van der Waals surface area (Å²) in [5.74, 6) is 0. The quantitative estimate of drug-likeness (QED) is 0.165. The molecule has 8 heteroatoms. The number of hydrogen-bond acceptors (Lipinski definition) is 5. The van der Waals surface area contributed by atoms with Gasteiger partial charge in [-0.15, -0.1) is 0 Å². The van der Waals surface area contributed by atoms with Crippen molar-refractivity contribution in [3.63, 3.8) is 0 Å². The maximum absolute atomic E-state index is 5.52. The number of halogens is 1. The Labute approximate surface area is 155 Å². The SMILES string of the molecule is COCCOCCOCC[n+]1ccn(CCOCCOC)c1.[I-]. The first-order valence-electron chi connectivity index (χ1n) is 7.62. The van der Waals surface area contributed by atoms with Crippen LogP contribution >= 0.6 is 0 Å². The van der Waals surface area contributed by atoms with E-state index in [1.165, 1.54) is 0 Å². The Hall–Kier alpha value is -0.260. The van der Waals surface area contributed by atoms with Gasteiger partial charge in [-0.25, -0.2) is 9.13 Å². The van der Waals surface area contributed by atoms with Crippen molar-refractivity contribution in [1.29, 1.82) is 0 Å². The van der Waals surface area contributed by atoms with E-state index in [0.717, 1.165) is 13.1 Å². The average molecular weight is 444 g/mol. The molecule has 0 aliphatic carbocycles. The fraction of sp³-hybridized carbons (Fsp3) is 0.800. The zero-order valence-electron chi connectivity index (χ0n) is 14.1. The summed E-state index contributed by atoms with van der Waals surface area (Å²) < 4.78 is 30.3. The third kappa shape index (κ3) is 12.8. The molecule has 136 valence electrons. The second-order valence-corrected chi connectivity index (χ2v) is 4.71. The predicted octanol–water partition coefficient (Wildman–Crippen LogP) is -2.88. The molecule has 1 aromatic rings. The third-order valence-corrected chi connectivity index (χ3v) is 2.97. The average Bonchev–Trinajstić information content (AvgIpc) is 2.97. The maximum atomic E-state index is 5.52. The van der Waals surface area contributed by atoms with Crippen LogP contribution < -0.4 is 28.5 Å². The second kappa shape index (κ2) is 16.6. The monoisotopic (exact) mass is 444 g/mol. The lowest BCUT2D eigenvalue weighted by molar-refractivity contribution is -0.698. The summed E-state index contributed by atoms with van der Waals surface area (Å²) in [7, 11) is 3.33. The van der Waals surface area contributed by atoms with Crippen LogP contribution in [0.3, 0.4) is 0 Å². The number of imidazole rings is 1. The van der Waals surface area contributed by atoms with Gasteiger partial charge in [-0.3, -0.25) is 0 Å². The van der Waals surface area contributed by atoms with E-state index in [0.29, 0.717) is 52.9 Å². The molecule has 0 aliphatic rings. The Kier molecular flexibility index (Phi) is 16.4. The molecule has 0 N–H and O–H groups in total. The van der Waals surface area contributed by atoms with Crippen molar-refractivity contribution in [2.75, 3.05) is 67.1 Å². The summed E-state index contributed by atoms with van der Waals surface area (Å²) in [6.07, 6.45) is 6.12. The Bertz CT molecular complexity index is 365. The molecule has 0 spiro atoms. The van der Waals surface area contributed by atoms with Gasteiger partial charge in [0.05, 0.1) is 52.9 Å². The van der Waals surface area contributed by atoms with Crippen molar-refractivity contribution in [3.05, 3.63) is 18.7 Å². The molecule has 0 saturated carbocycles. The number of rotatable bonds is 15. The molecule has 0 aliphatic heterocycles. The van der Waals surface area contributed by atoms with Crippen LogP contribution in [0.25, 0.3) is 0 Å². The van der Waals surface area contributed by atoms with Crippen LogP contribution in [0.2, 0.25) is 0 Å². The second-order valence-electron chi connectivity index (χ2n) is 4.71. The van der Waals surface area contributed by atoms with Crippen LogP contribution in [0.4, 0.5) is 0 Å². The van der Waals surface area contributed by atoms with Gasteiger partial charge in [0, 0.05) is 14.2 Å². The maximum Gasteiger partial charge on any atom is 0.243 e. The van der Waals surface area contributed by atoms with Crippen LogP contribution in [0.1, 0.15) is 0 Å². The fourth-order valence-corrected chi connectivity index (χ4v) is 1.75. The van der Waals surface area contributed by atoms with Crippen molar-refractivity contribution in [2.24, 2.45) is 0 Å². The van der Waals surface area contributed by atoms with Gasteiger partial charge in [0.2, 0.25) is 6.33 Å². The van der Waals surface area contributed by atoms with E-state index in [1.54, 1.807) is 14.2 Å². The Morgan fingerprint density at radius 3 is 2.00 bits per heavy atom. The number of nitrogens with zero attached hydrogens (tertiary/aromatic N) is 2. The number of hydrogen-bond donors (Lipinski definition) is 0. The van der Waals surface area contributed by atoms with E-state index in [2.05, 4.69) is 15.5 Å². The molecule has 1 rings (SSSR count). The number of methoxy groups -OCH3 is 2. The van der Waals surface area contributed by atoms with E-state index >= 15 is 0 Å². The molecule has 0 amide bonds. The molecular formula is C15H29IN2O5. The van der Waals surface area contributed by atoms with E-state index in [4.69, 9.17) is 23.7 Å². The van der Waals surface area contributed by atoms with Gasteiger partial charge in [0.1, 0.15) is 25.5 Å². The van der Waals surface area contributed by atoms with Crippen LogP contribution in [0.5, 0.6) is 0 Å². The summed E-state index contributed by atoms with van der Waals surface area (Å²) in [6, 6.07) is 0. The molecule has 0 saturated heterocycles. The molecule has 0 radical (unpaired) electrons. The molecule has 7 nitrogen and oxygen atoms in total. The van der Waals surface area contributed by atoms with Gasteiger partial charge in [0.25, 0.3) is 0 Å². The molecular weight excluding hydrogens is 415 g/mol. The first-order valence-corrected chi connectivity index (χ1v) is 7.62. The van der Waals surface area contributed by atoms with Gasteiger partial charge in [-0.05, 0) is 0 Å². The van der Waals surface area contributed by atoms with E-state index < -0.39 is 0 Å². The normalized spacial score (nSPS) is 10.7. The molecule has 0 fully saturated rings. The summed E-state index contributed by atoms with van der Waals surface area (Å²) in [5, 5.41) is 0. The zero-order valence-corrected chi connectivity index (χ0v) is 16.3. The van der Waals surface area contributed by atoms with E-state index in [9.17, 15) is 0 Å². The van der Waals surface area contributed by atoms with Crippen LogP contribution in [-0.2, 0) is 36.8 Å². The minimum atomic E-state index is 0. The molecule has 0 bridgehead atoms. The van der Waals surface area contributed by atoms with Crippen LogP contribution in [0, 0.1) is 0 Å². The van der Waals surface area contributed by atoms with Gasteiger partial charge < -0.3 is 47.7 Å². The highest BCUT2D eigenvalue weighted by Crippen LogP contribution is 1.87. The lowest BCUT2D eigenvalue weighted by Gasteiger charge is -2.04. The van der Waals surface area contributed by atoms with Crippen molar-refractivity contribution in [3.8, 4) is 0 Å². The molecule has 0 aromatic carbocycles. The third-order valence-electron chi connectivity index (χ3n) is 2.97. The molecule has 0 atom stereocenters. The van der Waals surface area contributed by atoms with Crippen molar-refractivity contribution in [1.82, 2.24) is 4.57 Å². The Morgan fingerprint density at radius 2 is 1.35 bits per heavy atom. The number of aromatic nitrogens is 2. The van der Waals surface area contributed by atoms with Crippen LogP contribution in [-0.4, -0.2) is 71.6 Å². The highest BCUT2D eigenvalue weighted by atomic mass is 127. The van der Waals surface area contributed by atoms with Gasteiger partial charge in [0.15, 0.2) is 0 Å². The van der Waals surface area contributed by atoms with E-state index in [-0.39, 0.29) is 24.0 Å². The van der Waals surface area contributed by atoms with Crippen molar-refractivity contribution < 1.29 is 52.2 Å². The fourth-order valence-electron chi connectivity index (χ4n) is 1.75.